The summed E-state index contributed by atoms with van der Waals surface area (Å²) in [5, 5.41) is 36.0. The lowest BCUT2D eigenvalue weighted by atomic mass is 9.93. The Morgan fingerprint density at radius 1 is 1.52 bits per heavy atom. The van der Waals surface area contributed by atoms with E-state index in [4.69, 9.17) is 4.74 Å². The zero-order chi connectivity index (χ0) is 19.6. The fourth-order valence-corrected chi connectivity index (χ4v) is 3.04. The maximum Gasteiger partial charge on any atom is 0.230 e. The Morgan fingerprint density at radius 2 is 2.30 bits per heavy atom. The van der Waals surface area contributed by atoms with Crippen molar-refractivity contribution < 1.29 is 24.5 Å². The van der Waals surface area contributed by atoms with Crippen LogP contribution >= 0.6 is 0 Å². The molecule has 27 heavy (non-hydrogen) atoms. The summed E-state index contributed by atoms with van der Waals surface area (Å²) in [5.41, 5.74) is -1.54. The summed E-state index contributed by atoms with van der Waals surface area (Å²) < 4.78 is 6.70. The number of carbonyl (C=O) groups is 2. The minimum absolute atomic E-state index is 0.100. The molecule has 0 aliphatic carbocycles. The van der Waals surface area contributed by atoms with Crippen LogP contribution in [0.3, 0.4) is 0 Å². The van der Waals surface area contributed by atoms with Gasteiger partial charge in [-0.25, -0.2) is 9.50 Å². The minimum atomic E-state index is -2.02. The van der Waals surface area contributed by atoms with Crippen LogP contribution in [-0.4, -0.2) is 55.3 Å². The number of unbranched alkanes of at least 4 members (excludes halogenated alkanes) is 1. The van der Waals surface area contributed by atoms with Crippen molar-refractivity contribution in [3.8, 4) is 6.07 Å². The van der Waals surface area contributed by atoms with Crippen LogP contribution in [0, 0.1) is 11.3 Å². The van der Waals surface area contributed by atoms with E-state index in [9.17, 15) is 25.1 Å². The van der Waals surface area contributed by atoms with E-state index in [2.05, 4.69) is 15.4 Å². The third kappa shape index (κ3) is 3.06. The predicted molar refractivity (Wildman–Crippen MR) is 91.4 cm³/mol. The molecule has 1 saturated heterocycles. The quantitative estimate of drug-likeness (QED) is 0.635. The molecule has 3 atom stereocenters. The monoisotopic (exact) mass is 373 g/mol. The number of hydrogen-bond donors (Lipinski definition) is 3. The van der Waals surface area contributed by atoms with E-state index >= 15 is 0 Å². The Kier molecular flexibility index (Phi) is 5.18. The van der Waals surface area contributed by atoms with Gasteiger partial charge in [0, 0.05) is 6.42 Å². The molecule has 1 fully saturated rings. The van der Waals surface area contributed by atoms with Gasteiger partial charge in [-0.2, -0.15) is 10.4 Å². The highest BCUT2D eigenvalue weighted by atomic mass is 16.6. The van der Waals surface area contributed by atoms with Crippen LogP contribution in [0.1, 0.15) is 31.9 Å². The molecule has 2 aromatic rings. The molecule has 2 aromatic heterocycles. The maximum atomic E-state index is 12.1. The first-order chi connectivity index (χ1) is 13.0. The van der Waals surface area contributed by atoms with Crippen molar-refractivity contribution in [2.75, 3.05) is 11.9 Å². The molecule has 142 valence electrons. The molecule has 1 amide bonds. The van der Waals surface area contributed by atoms with E-state index < -0.39 is 30.2 Å². The van der Waals surface area contributed by atoms with Crippen LogP contribution in [0.25, 0.3) is 5.52 Å². The van der Waals surface area contributed by atoms with E-state index in [1.807, 2.05) is 13.0 Å². The first-order valence-corrected chi connectivity index (χ1v) is 8.53. The Balaban J connectivity index is 2.02. The molecule has 0 unspecified atom stereocenters. The fourth-order valence-electron chi connectivity index (χ4n) is 3.04. The van der Waals surface area contributed by atoms with Gasteiger partial charge in [-0.15, -0.1) is 0 Å². The molecule has 1 aliphatic rings. The zero-order valence-corrected chi connectivity index (χ0v) is 14.6. The van der Waals surface area contributed by atoms with Gasteiger partial charge in [0.1, 0.15) is 24.0 Å². The van der Waals surface area contributed by atoms with Gasteiger partial charge in [0.2, 0.25) is 11.5 Å². The number of carbonyl (C=O) groups excluding carboxylic acids is 2. The summed E-state index contributed by atoms with van der Waals surface area (Å²) in [6, 6.07) is 4.85. The summed E-state index contributed by atoms with van der Waals surface area (Å²) in [7, 11) is 0. The second-order valence-corrected chi connectivity index (χ2v) is 6.22. The van der Waals surface area contributed by atoms with Crippen molar-refractivity contribution in [2.45, 2.75) is 44.0 Å². The van der Waals surface area contributed by atoms with Crippen LogP contribution in [0.2, 0.25) is 0 Å². The summed E-state index contributed by atoms with van der Waals surface area (Å²) in [6.07, 6.45) is 0.0555. The number of aliphatic hydroxyl groups excluding tert-OH is 2. The molecular weight excluding hydrogens is 354 g/mol. The van der Waals surface area contributed by atoms with Crippen LogP contribution < -0.4 is 5.32 Å². The number of nitrogens with one attached hydrogen (secondary N) is 1. The van der Waals surface area contributed by atoms with E-state index in [-0.39, 0.29) is 17.4 Å². The highest BCUT2D eigenvalue weighted by Crippen LogP contribution is 2.38. The lowest BCUT2D eigenvalue weighted by molar-refractivity contribution is -0.128. The molecule has 0 aromatic carbocycles. The van der Waals surface area contributed by atoms with Gasteiger partial charge >= 0.3 is 0 Å². The first kappa shape index (κ1) is 18.9. The number of hydrogen-bond acceptors (Lipinski definition) is 8. The molecular formula is C17H19N5O5. The number of Topliss-reactive ketones (excluding diaryl/α,β-unsaturated/α-hetero) is 1. The van der Waals surface area contributed by atoms with E-state index in [0.29, 0.717) is 11.9 Å². The first-order valence-electron chi connectivity index (χ1n) is 8.53. The Labute approximate surface area is 154 Å². The third-order valence-electron chi connectivity index (χ3n) is 4.48. The highest BCUT2D eigenvalue weighted by molar-refractivity contribution is 5.94. The number of aromatic nitrogens is 3. The average molecular weight is 373 g/mol. The van der Waals surface area contributed by atoms with Crippen molar-refractivity contribution in [3.05, 3.63) is 24.2 Å². The minimum Gasteiger partial charge on any atom is -0.393 e. The van der Waals surface area contributed by atoms with Gasteiger partial charge < -0.3 is 20.3 Å². The molecule has 3 rings (SSSR count). The number of ether oxygens (including phenoxy) is 1. The smallest absolute Gasteiger partial charge is 0.230 e. The van der Waals surface area contributed by atoms with Crippen molar-refractivity contribution in [3.63, 3.8) is 0 Å². The number of nitriles is 1. The second kappa shape index (κ2) is 7.40. The molecule has 0 radical (unpaired) electrons. The normalized spacial score (nSPS) is 24.9. The van der Waals surface area contributed by atoms with Gasteiger partial charge in [-0.3, -0.25) is 9.59 Å². The Bertz CT molecular complexity index is 920. The highest BCUT2D eigenvalue weighted by Gasteiger charge is 2.57. The van der Waals surface area contributed by atoms with E-state index in [1.165, 1.54) is 16.9 Å². The largest absolute Gasteiger partial charge is 0.393 e. The van der Waals surface area contributed by atoms with Crippen LogP contribution in [-0.2, 0) is 19.9 Å². The zero-order valence-electron chi connectivity index (χ0n) is 14.6. The number of anilines is 1. The maximum absolute atomic E-state index is 12.1. The molecule has 0 bridgehead atoms. The van der Waals surface area contributed by atoms with E-state index in [0.717, 1.165) is 12.8 Å². The SMILES string of the molecule is CCCCC(=O)Nc1ncnn2c([C@]3(C#N)O[C@H](CO)C(=O)[C@H]3O)ccc12. The van der Waals surface area contributed by atoms with Crippen molar-refractivity contribution in [1.82, 2.24) is 14.6 Å². The molecule has 1 aliphatic heterocycles. The van der Waals surface area contributed by atoms with Crippen molar-refractivity contribution in [1.29, 1.82) is 5.26 Å². The van der Waals surface area contributed by atoms with Gasteiger partial charge in [0.15, 0.2) is 17.7 Å². The van der Waals surface area contributed by atoms with Gasteiger partial charge in [-0.05, 0) is 18.6 Å². The van der Waals surface area contributed by atoms with Gasteiger partial charge in [0.05, 0.1) is 12.3 Å². The lowest BCUT2D eigenvalue weighted by Gasteiger charge is -2.22. The van der Waals surface area contributed by atoms with Crippen LogP contribution in [0.5, 0.6) is 0 Å². The number of aliphatic hydroxyl groups is 2. The van der Waals surface area contributed by atoms with Crippen LogP contribution in [0.4, 0.5) is 5.82 Å². The summed E-state index contributed by atoms with van der Waals surface area (Å²) >= 11 is 0. The fraction of sp³-hybridized carbons (Fsp3) is 0.471. The topological polar surface area (TPSA) is 150 Å². The van der Waals surface area contributed by atoms with Crippen LogP contribution in [0.15, 0.2) is 18.5 Å². The second-order valence-electron chi connectivity index (χ2n) is 6.22. The van der Waals surface area contributed by atoms with Crippen molar-refractivity contribution in [2.24, 2.45) is 0 Å². The predicted octanol–water partition coefficient (Wildman–Crippen LogP) is -0.102. The molecule has 3 heterocycles. The molecule has 0 spiro atoms. The molecule has 0 saturated carbocycles. The number of amides is 1. The number of fused-ring (bicyclic) bond motifs is 1. The summed E-state index contributed by atoms with van der Waals surface area (Å²) in [6.45, 7) is 1.32. The molecule has 3 N–H and O–H groups in total. The van der Waals surface area contributed by atoms with Gasteiger partial charge in [-0.1, -0.05) is 13.3 Å². The Morgan fingerprint density at radius 3 is 2.93 bits per heavy atom. The molecule has 10 nitrogen and oxygen atoms in total. The van der Waals surface area contributed by atoms with Crippen molar-refractivity contribution >= 4 is 23.0 Å². The standard InChI is InChI=1S/C17H19N5O5/c1-2-3-4-13(24)21-16-10-5-6-12(22(10)20-9-19-16)17(8-18)15(26)14(25)11(7-23)27-17/h5-6,9,11,15,23,26H,2-4,7H2,1H3,(H,19,20,21,24)/t11-,15-,17+/m1/s1. The average Bonchev–Trinajstić information content (AvgIpc) is 3.22. The third-order valence-corrected chi connectivity index (χ3v) is 4.48. The van der Waals surface area contributed by atoms with E-state index in [1.54, 1.807) is 6.07 Å². The lowest BCUT2D eigenvalue weighted by Crippen LogP contribution is -2.39. The Hall–Kier alpha value is -2.87. The number of nitrogens with zero attached hydrogens (tertiary/aromatic N) is 4. The summed E-state index contributed by atoms with van der Waals surface area (Å²) in [4.78, 5) is 28.1. The number of rotatable bonds is 6. The number of ketones is 1. The molecule has 10 heteroatoms. The summed E-state index contributed by atoms with van der Waals surface area (Å²) in [5.74, 6) is -0.748. The van der Waals surface area contributed by atoms with Gasteiger partial charge in [0.25, 0.3) is 0 Å².